The highest BCUT2D eigenvalue weighted by Gasteiger charge is 2.34. The van der Waals surface area contributed by atoms with Gasteiger partial charge < -0.3 is 25.1 Å². The maximum atomic E-state index is 13.6. The number of likely N-dealkylation sites (N-methyl/N-ethyl adjacent to an activating group) is 1. The molecule has 2 N–H and O–H groups in total. The normalized spacial score (nSPS) is 15.2. The SMILES string of the molecule is CN(CCN(Cc1ccccc1C(F)(F)F)C(=O)CNc1cccc2c1CCN(C(=O)C1CCC1)C2)C(=O)O. The van der Waals surface area contributed by atoms with Crippen molar-refractivity contribution in [3.63, 3.8) is 0 Å². The molecule has 3 amide bonds. The molecule has 8 nitrogen and oxygen atoms in total. The van der Waals surface area contributed by atoms with E-state index in [-0.39, 0.29) is 43.6 Å². The molecule has 1 fully saturated rings. The number of nitrogens with one attached hydrogen (secondary N) is 1. The third kappa shape index (κ3) is 6.82. The van der Waals surface area contributed by atoms with Gasteiger partial charge in [-0.2, -0.15) is 13.2 Å². The van der Waals surface area contributed by atoms with E-state index in [2.05, 4.69) is 5.32 Å². The Balaban J connectivity index is 1.46. The fourth-order valence-corrected chi connectivity index (χ4v) is 4.96. The van der Waals surface area contributed by atoms with E-state index in [0.717, 1.165) is 47.0 Å². The number of carboxylic acid groups (broad SMARTS) is 1. The van der Waals surface area contributed by atoms with E-state index < -0.39 is 23.7 Å². The third-order valence-corrected chi connectivity index (χ3v) is 7.53. The lowest BCUT2D eigenvalue weighted by molar-refractivity contribution is -0.140. The first-order chi connectivity index (χ1) is 18.5. The lowest BCUT2D eigenvalue weighted by Crippen LogP contribution is -2.42. The lowest BCUT2D eigenvalue weighted by Gasteiger charge is -2.35. The number of anilines is 1. The summed E-state index contributed by atoms with van der Waals surface area (Å²) >= 11 is 0. The number of benzene rings is 2. The molecule has 2 aromatic rings. The first-order valence-corrected chi connectivity index (χ1v) is 13.0. The summed E-state index contributed by atoms with van der Waals surface area (Å²) in [7, 11) is 1.34. The van der Waals surface area contributed by atoms with Gasteiger partial charge in [-0.15, -0.1) is 0 Å². The summed E-state index contributed by atoms with van der Waals surface area (Å²) in [4.78, 5) is 41.3. The van der Waals surface area contributed by atoms with Crippen molar-refractivity contribution in [2.24, 2.45) is 5.92 Å². The number of carbonyl (C=O) groups excluding carboxylic acids is 2. The van der Waals surface area contributed by atoms with Gasteiger partial charge in [0.2, 0.25) is 11.8 Å². The number of nitrogens with zero attached hydrogens (tertiary/aromatic N) is 3. The van der Waals surface area contributed by atoms with Crippen molar-refractivity contribution in [2.75, 3.05) is 38.5 Å². The highest BCUT2D eigenvalue weighted by Crippen LogP contribution is 2.33. The zero-order valence-corrected chi connectivity index (χ0v) is 21.8. The smallest absolute Gasteiger partial charge is 0.416 e. The zero-order valence-electron chi connectivity index (χ0n) is 21.8. The molecule has 0 aromatic heterocycles. The van der Waals surface area contributed by atoms with Gasteiger partial charge in [-0.3, -0.25) is 9.59 Å². The Morgan fingerprint density at radius 1 is 1.08 bits per heavy atom. The van der Waals surface area contributed by atoms with E-state index in [1.165, 1.54) is 30.1 Å². The van der Waals surface area contributed by atoms with Crippen molar-refractivity contribution in [3.05, 3.63) is 64.7 Å². The fourth-order valence-electron chi connectivity index (χ4n) is 4.96. The molecule has 39 heavy (non-hydrogen) atoms. The van der Waals surface area contributed by atoms with Crippen molar-refractivity contribution < 1.29 is 32.7 Å². The summed E-state index contributed by atoms with van der Waals surface area (Å²) in [6.07, 6.45) is -2.17. The number of hydrogen-bond acceptors (Lipinski definition) is 4. The minimum atomic E-state index is -4.58. The summed E-state index contributed by atoms with van der Waals surface area (Å²) in [5.74, 6) is -0.137. The van der Waals surface area contributed by atoms with Gasteiger partial charge in [0.05, 0.1) is 12.1 Å². The highest BCUT2D eigenvalue weighted by molar-refractivity contribution is 5.82. The van der Waals surface area contributed by atoms with Crippen LogP contribution in [0.15, 0.2) is 42.5 Å². The Labute approximate surface area is 225 Å². The molecule has 1 saturated carbocycles. The van der Waals surface area contributed by atoms with Gasteiger partial charge in [0.15, 0.2) is 0 Å². The van der Waals surface area contributed by atoms with Crippen LogP contribution in [-0.4, -0.2) is 70.9 Å². The van der Waals surface area contributed by atoms with Gasteiger partial charge in [0, 0.05) is 51.4 Å². The molecule has 0 spiro atoms. The van der Waals surface area contributed by atoms with Crippen molar-refractivity contribution in [1.29, 1.82) is 0 Å². The van der Waals surface area contributed by atoms with Gasteiger partial charge in [-0.25, -0.2) is 4.79 Å². The standard InChI is InChI=1S/C28H33F3N4O4/c1-33(27(38)39)14-15-34(18-21-6-2-3-10-23(21)28(29,30)31)25(36)16-32-24-11-5-9-20-17-35(13-12-22(20)24)26(37)19-7-4-8-19/h2-3,5-6,9-11,19,32H,4,7-8,12-18H2,1H3,(H,38,39). The van der Waals surface area contributed by atoms with Gasteiger partial charge in [-0.1, -0.05) is 36.8 Å². The van der Waals surface area contributed by atoms with Gasteiger partial charge in [0.1, 0.15) is 0 Å². The van der Waals surface area contributed by atoms with Crippen molar-refractivity contribution in [1.82, 2.24) is 14.7 Å². The summed E-state index contributed by atoms with van der Waals surface area (Å²) in [5, 5.41) is 12.3. The molecule has 2 aromatic carbocycles. The van der Waals surface area contributed by atoms with E-state index in [0.29, 0.717) is 19.5 Å². The molecule has 2 aliphatic rings. The first-order valence-electron chi connectivity index (χ1n) is 13.0. The number of halogens is 3. The quantitative estimate of drug-likeness (QED) is 0.485. The second-order valence-electron chi connectivity index (χ2n) is 10.1. The summed E-state index contributed by atoms with van der Waals surface area (Å²) in [6.45, 7) is 0.495. The van der Waals surface area contributed by atoms with E-state index in [1.54, 1.807) is 0 Å². The van der Waals surface area contributed by atoms with Crippen LogP contribution >= 0.6 is 0 Å². The predicted octanol–water partition coefficient (Wildman–Crippen LogP) is 4.44. The topological polar surface area (TPSA) is 93.2 Å². The van der Waals surface area contributed by atoms with E-state index >= 15 is 0 Å². The monoisotopic (exact) mass is 546 g/mol. The molecular weight excluding hydrogens is 513 g/mol. The Morgan fingerprint density at radius 3 is 2.49 bits per heavy atom. The minimum Gasteiger partial charge on any atom is -0.465 e. The number of fused-ring (bicyclic) bond motifs is 1. The van der Waals surface area contributed by atoms with E-state index in [1.807, 2.05) is 23.1 Å². The molecule has 0 unspecified atom stereocenters. The van der Waals surface area contributed by atoms with Crippen molar-refractivity contribution >= 4 is 23.6 Å². The molecule has 0 radical (unpaired) electrons. The largest absolute Gasteiger partial charge is 0.465 e. The average Bonchev–Trinajstić information content (AvgIpc) is 2.87. The Morgan fingerprint density at radius 2 is 1.82 bits per heavy atom. The van der Waals surface area contributed by atoms with E-state index in [4.69, 9.17) is 0 Å². The van der Waals surface area contributed by atoms with Crippen LogP contribution in [0.4, 0.5) is 23.7 Å². The minimum absolute atomic E-state index is 0.0547. The summed E-state index contributed by atoms with van der Waals surface area (Å²) in [6, 6.07) is 10.7. The maximum absolute atomic E-state index is 13.6. The third-order valence-electron chi connectivity index (χ3n) is 7.53. The van der Waals surface area contributed by atoms with Crippen LogP contribution in [0, 0.1) is 5.92 Å². The second-order valence-corrected chi connectivity index (χ2v) is 10.1. The molecule has 4 rings (SSSR count). The predicted molar refractivity (Wildman–Crippen MR) is 139 cm³/mol. The first kappa shape index (κ1) is 28.3. The molecular formula is C28H33F3N4O4. The fraction of sp³-hybridized carbons (Fsp3) is 0.464. The van der Waals surface area contributed by atoms with Crippen LogP contribution in [0.2, 0.25) is 0 Å². The molecule has 1 aliphatic carbocycles. The average molecular weight is 547 g/mol. The van der Waals surface area contributed by atoms with Crippen LogP contribution in [0.25, 0.3) is 0 Å². The Kier molecular flexibility index (Phi) is 8.66. The van der Waals surface area contributed by atoms with Crippen molar-refractivity contribution in [3.8, 4) is 0 Å². The molecule has 210 valence electrons. The van der Waals surface area contributed by atoms with Crippen molar-refractivity contribution in [2.45, 2.75) is 44.9 Å². The molecule has 1 aliphatic heterocycles. The van der Waals surface area contributed by atoms with Crippen LogP contribution in [0.1, 0.15) is 41.5 Å². The van der Waals surface area contributed by atoms with E-state index in [9.17, 15) is 32.7 Å². The van der Waals surface area contributed by atoms with Gasteiger partial charge >= 0.3 is 12.3 Å². The second kappa shape index (κ2) is 12.0. The number of hydrogen-bond donors (Lipinski definition) is 2. The zero-order chi connectivity index (χ0) is 28.2. The molecule has 1 heterocycles. The summed E-state index contributed by atoms with van der Waals surface area (Å²) in [5.41, 5.74) is 1.87. The van der Waals surface area contributed by atoms with Crippen LogP contribution in [-0.2, 0) is 35.3 Å². The van der Waals surface area contributed by atoms with Crippen LogP contribution in [0.5, 0.6) is 0 Å². The lowest BCUT2D eigenvalue weighted by atomic mass is 9.83. The summed E-state index contributed by atoms with van der Waals surface area (Å²) < 4.78 is 40.7. The number of carbonyl (C=O) groups is 3. The number of amides is 3. The molecule has 0 bridgehead atoms. The van der Waals surface area contributed by atoms with Gasteiger partial charge in [-0.05, 0) is 48.1 Å². The van der Waals surface area contributed by atoms with Crippen LogP contribution in [0.3, 0.4) is 0 Å². The number of alkyl halides is 3. The molecule has 0 saturated heterocycles. The molecule has 0 atom stereocenters. The Bertz CT molecular complexity index is 1220. The Hall–Kier alpha value is -3.76. The number of rotatable bonds is 9. The highest BCUT2D eigenvalue weighted by atomic mass is 19.4. The van der Waals surface area contributed by atoms with Crippen LogP contribution < -0.4 is 5.32 Å². The van der Waals surface area contributed by atoms with Gasteiger partial charge in [0.25, 0.3) is 0 Å². The maximum Gasteiger partial charge on any atom is 0.416 e. The molecule has 11 heteroatoms.